The number of carboxylic acid groups (broad SMARTS) is 1. The van der Waals surface area contributed by atoms with E-state index in [2.05, 4.69) is 10.3 Å². The van der Waals surface area contributed by atoms with Gasteiger partial charge in [-0.1, -0.05) is 6.07 Å². The van der Waals surface area contributed by atoms with Gasteiger partial charge in [0.2, 0.25) is 6.79 Å². The summed E-state index contributed by atoms with van der Waals surface area (Å²) < 4.78 is 12.2. The van der Waals surface area contributed by atoms with Crippen LogP contribution in [0.5, 0.6) is 11.5 Å². The minimum absolute atomic E-state index is 0.152. The van der Waals surface area contributed by atoms with Gasteiger partial charge in [-0.25, -0.2) is 9.78 Å². The Morgan fingerprint density at radius 3 is 3.10 bits per heavy atom. The van der Waals surface area contributed by atoms with Gasteiger partial charge in [-0.2, -0.15) is 0 Å². The number of para-hydroxylation sites is 1. The summed E-state index contributed by atoms with van der Waals surface area (Å²) in [5.74, 6) is 0.990. The first-order valence-corrected chi connectivity index (χ1v) is 6.03. The number of rotatable bonds is 4. The van der Waals surface area contributed by atoms with Crippen LogP contribution in [0.15, 0.2) is 24.4 Å². The molecule has 1 aromatic heterocycles. The predicted octanol–water partition coefficient (Wildman–Crippen LogP) is 1.46. The Kier molecular flexibility index (Phi) is 2.94. The average molecular weight is 275 g/mol. The fourth-order valence-electron chi connectivity index (χ4n) is 2.05. The molecule has 3 rings (SSSR count). The van der Waals surface area contributed by atoms with Crippen LogP contribution in [0.4, 0.5) is 5.69 Å². The van der Waals surface area contributed by atoms with E-state index in [1.54, 1.807) is 7.05 Å². The van der Waals surface area contributed by atoms with Crippen LogP contribution >= 0.6 is 0 Å². The van der Waals surface area contributed by atoms with Crippen molar-refractivity contribution in [3.05, 3.63) is 35.9 Å². The van der Waals surface area contributed by atoms with Crippen molar-refractivity contribution >= 4 is 11.7 Å². The van der Waals surface area contributed by atoms with E-state index in [4.69, 9.17) is 14.6 Å². The van der Waals surface area contributed by atoms with Crippen molar-refractivity contribution in [2.24, 2.45) is 7.05 Å². The van der Waals surface area contributed by atoms with Crippen LogP contribution < -0.4 is 14.8 Å². The van der Waals surface area contributed by atoms with Crippen LogP contribution in [0.1, 0.15) is 16.3 Å². The number of anilines is 1. The molecule has 7 nitrogen and oxygen atoms in total. The zero-order valence-corrected chi connectivity index (χ0v) is 10.8. The Bertz CT molecular complexity index is 666. The zero-order chi connectivity index (χ0) is 14.1. The van der Waals surface area contributed by atoms with Crippen LogP contribution in [-0.4, -0.2) is 27.4 Å². The Morgan fingerprint density at radius 2 is 2.35 bits per heavy atom. The molecule has 104 valence electrons. The van der Waals surface area contributed by atoms with Crippen molar-refractivity contribution in [2.75, 3.05) is 12.1 Å². The Morgan fingerprint density at radius 1 is 1.50 bits per heavy atom. The molecule has 0 unspecified atom stereocenters. The number of fused-ring (bicyclic) bond motifs is 1. The molecule has 1 aromatic carbocycles. The van der Waals surface area contributed by atoms with E-state index in [1.807, 2.05) is 18.2 Å². The maximum absolute atomic E-state index is 10.9. The smallest absolute Gasteiger partial charge is 0.354 e. The largest absolute Gasteiger partial charge is 0.477 e. The first kappa shape index (κ1) is 12.3. The van der Waals surface area contributed by atoms with E-state index < -0.39 is 5.97 Å². The second-order valence-corrected chi connectivity index (χ2v) is 4.32. The van der Waals surface area contributed by atoms with E-state index in [0.717, 1.165) is 5.69 Å². The number of ether oxygens (including phenoxy) is 2. The first-order valence-electron chi connectivity index (χ1n) is 6.03. The molecule has 1 aliphatic rings. The number of hydrogen-bond donors (Lipinski definition) is 2. The number of carboxylic acids is 1. The monoisotopic (exact) mass is 275 g/mol. The molecule has 0 saturated heterocycles. The number of nitrogens with one attached hydrogen (secondary N) is 1. The molecular weight excluding hydrogens is 262 g/mol. The summed E-state index contributed by atoms with van der Waals surface area (Å²) >= 11 is 0. The van der Waals surface area contributed by atoms with Crippen molar-refractivity contribution in [3.8, 4) is 11.5 Å². The topological polar surface area (TPSA) is 85.6 Å². The SMILES string of the molecule is Cn1c(C(=O)O)cnc1CNc1cccc2c1OCO2. The average Bonchev–Trinajstić information content (AvgIpc) is 3.03. The summed E-state index contributed by atoms with van der Waals surface area (Å²) in [4.78, 5) is 15.0. The summed E-state index contributed by atoms with van der Waals surface area (Å²) in [6.45, 7) is 0.600. The molecule has 0 bridgehead atoms. The number of benzene rings is 1. The van der Waals surface area contributed by atoms with Gasteiger partial charge in [-0.15, -0.1) is 0 Å². The van der Waals surface area contributed by atoms with Gasteiger partial charge >= 0.3 is 5.97 Å². The number of carbonyl (C=O) groups is 1. The molecule has 20 heavy (non-hydrogen) atoms. The summed E-state index contributed by atoms with van der Waals surface area (Å²) in [5.41, 5.74) is 0.944. The number of nitrogens with zero attached hydrogens (tertiary/aromatic N) is 2. The molecule has 0 atom stereocenters. The molecule has 0 spiro atoms. The summed E-state index contributed by atoms with van der Waals surface area (Å²) in [7, 11) is 1.67. The quantitative estimate of drug-likeness (QED) is 0.878. The number of imidazole rings is 1. The van der Waals surface area contributed by atoms with Crippen molar-refractivity contribution < 1.29 is 19.4 Å². The van der Waals surface area contributed by atoms with Crippen LogP contribution in [0.3, 0.4) is 0 Å². The predicted molar refractivity (Wildman–Crippen MR) is 70.1 cm³/mol. The van der Waals surface area contributed by atoms with Gasteiger partial charge in [-0.05, 0) is 12.1 Å². The molecule has 0 saturated carbocycles. The maximum atomic E-state index is 10.9. The Balaban J connectivity index is 1.78. The van der Waals surface area contributed by atoms with Crippen LogP contribution in [-0.2, 0) is 13.6 Å². The van der Waals surface area contributed by atoms with E-state index in [0.29, 0.717) is 23.9 Å². The van der Waals surface area contributed by atoms with Crippen molar-refractivity contribution in [2.45, 2.75) is 6.54 Å². The van der Waals surface area contributed by atoms with Crippen molar-refractivity contribution in [1.29, 1.82) is 0 Å². The third kappa shape index (κ3) is 2.03. The molecule has 7 heteroatoms. The van der Waals surface area contributed by atoms with Crippen LogP contribution in [0.25, 0.3) is 0 Å². The molecule has 0 fully saturated rings. The van der Waals surface area contributed by atoms with Gasteiger partial charge in [0.1, 0.15) is 11.5 Å². The fraction of sp³-hybridized carbons (Fsp3) is 0.231. The highest BCUT2D eigenvalue weighted by molar-refractivity contribution is 5.85. The first-order chi connectivity index (χ1) is 9.66. The van der Waals surface area contributed by atoms with Gasteiger partial charge in [0.05, 0.1) is 18.4 Å². The zero-order valence-electron chi connectivity index (χ0n) is 10.8. The van der Waals surface area contributed by atoms with Gasteiger partial charge in [-0.3, -0.25) is 0 Å². The second-order valence-electron chi connectivity index (χ2n) is 4.32. The van der Waals surface area contributed by atoms with E-state index in [9.17, 15) is 4.79 Å². The van der Waals surface area contributed by atoms with Crippen LogP contribution in [0.2, 0.25) is 0 Å². The summed E-state index contributed by atoms with van der Waals surface area (Å²) in [6.07, 6.45) is 1.34. The summed E-state index contributed by atoms with van der Waals surface area (Å²) in [5, 5.41) is 12.1. The number of aromatic nitrogens is 2. The van der Waals surface area contributed by atoms with E-state index in [-0.39, 0.29) is 12.5 Å². The highest BCUT2D eigenvalue weighted by Gasteiger charge is 2.18. The minimum Gasteiger partial charge on any atom is -0.477 e. The fourth-order valence-corrected chi connectivity index (χ4v) is 2.05. The molecule has 0 radical (unpaired) electrons. The lowest BCUT2D eigenvalue weighted by atomic mass is 10.2. The third-order valence-electron chi connectivity index (χ3n) is 3.14. The number of aromatic carboxylic acids is 1. The molecule has 1 aliphatic heterocycles. The van der Waals surface area contributed by atoms with Gasteiger partial charge in [0.15, 0.2) is 11.5 Å². The van der Waals surface area contributed by atoms with Gasteiger partial charge < -0.3 is 24.5 Å². The van der Waals surface area contributed by atoms with Gasteiger partial charge in [0, 0.05) is 7.05 Å². The van der Waals surface area contributed by atoms with E-state index in [1.165, 1.54) is 10.8 Å². The van der Waals surface area contributed by atoms with E-state index >= 15 is 0 Å². The Labute approximate surface area is 114 Å². The van der Waals surface area contributed by atoms with Crippen molar-refractivity contribution in [1.82, 2.24) is 9.55 Å². The minimum atomic E-state index is -0.997. The standard InChI is InChI=1S/C13H13N3O4/c1-16-9(13(17)18)5-15-11(16)6-14-8-3-2-4-10-12(8)20-7-19-10/h2-5,14H,6-7H2,1H3,(H,17,18). The van der Waals surface area contributed by atoms with Crippen molar-refractivity contribution in [3.63, 3.8) is 0 Å². The highest BCUT2D eigenvalue weighted by atomic mass is 16.7. The molecule has 2 N–H and O–H groups in total. The lowest BCUT2D eigenvalue weighted by Crippen LogP contribution is -2.10. The van der Waals surface area contributed by atoms with Gasteiger partial charge in [0.25, 0.3) is 0 Å². The second kappa shape index (κ2) is 4.76. The molecule has 0 amide bonds. The lowest BCUT2D eigenvalue weighted by Gasteiger charge is -2.09. The Hall–Kier alpha value is -2.70. The molecule has 2 heterocycles. The maximum Gasteiger partial charge on any atom is 0.354 e. The molecule has 2 aromatic rings. The van der Waals surface area contributed by atoms with Crippen LogP contribution in [0, 0.1) is 0 Å². The highest BCUT2D eigenvalue weighted by Crippen LogP contribution is 2.38. The summed E-state index contributed by atoms with van der Waals surface area (Å²) in [6, 6.07) is 5.56. The molecule has 0 aliphatic carbocycles. The third-order valence-corrected chi connectivity index (χ3v) is 3.14. The lowest BCUT2D eigenvalue weighted by molar-refractivity contribution is 0.0686. The molecular formula is C13H13N3O4. The number of hydrogen-bond acceptors (Lipinski definition) is 5. The normalized spacial score (nSPS) is 12.4.